The predicted molar refractivity (Wildman–Crippen MR) is 83.4 cm³/mol. The van der Waals surface area contributed by atoms with E-state index in [-0.39, 0.29) is 5.69 Å². The Labute approximate surface area is 132 Å². The van der Waals surface area contributed by atoms with Crippen LogP contribution >= 0.6 is 15.9 Å². The lowest BCUT2D eigenvalue weighted by molar-refractivity contribution is -0.137. The molecule has 2 atom stereocenters. The fraction of sp³-hybridized carbons (Fsp3) is 0.625. The highest BCUT2D eigenvalue weighted by Gasteiger charge is 2.33. The molecule has 1 N–H and O–H groups in total. The maximum absolute atomic E-state index is 13.0. The van der Waals surface area contributed by atoms with Gasteiger partial charge in [-0.1, -0.05) is 42.1 Å². The minimum atomic E-state index is -4.32. The maximum Gasteiger partial charge on any atom is 0.418 e. The van der Waals surface area contributed by atoms with Gasteiger partial charge in [-0.15, -0.1) is 0 Å². The molecule has 1 aromatic rings. The Bertz CT molecular complexity index is 473. The van der Waals surface area contributed by atoms with Gasteiger partial charge in [-0.3, -0.25) is 0 Å². The molecule has 5 heteroatoms. The zero-order valence-electron chi connectivity index (χ0n) is 12.1. The summed E-state index contributed by atoms with van der Waals surface area (Å²) in [5, 5.41) is 2.97. The van der Waals surface area contributed by atoms with Crippen LogP contribution in [0.5, 0.6) is 0 Å². The lowest BCUT2D eigenvalue weighted by Gasteiger charge is -2.27. The van der Waals surface area contributed by atoms with Gasteiger partial charge in [0, 0.05) is 16.7 Å². The molecule has 1 saturated carbocycles. The van der Waals surface area contributed by atoms with Crippen molar-refractivity contribution in [2.45, 2.75) is 45.2 Å². The second-order valence-corrected chi connectivity index (χ2v) is 6.96. The largest absolute Gasteiger partial charge is 0.418 e. The average Bonchev–Trinajstić information content (AvgIpc) is 2.37. The van der Waals surface area contributed by atoms with Gasteiger partial charge in [0.1, 0.15) is 0 Å². The molecule has 0 heterocycles. The summed E-state index contributed by atoms with van der Waals surface area (Å²) in [5.74, 6) is 1.39. The van der Waals surface area contributed by atoms with Crippen molar-refractivity contribution in [3.8, 4) is 0 Å². The zero-order chi connectivity index (χ0) is 15.5. The number of halogens is 4. The van der Waals surface area contributed by atoms with E-state index in [1.54, 1.807) is 0 Å². The summed E-state index contributed by atoms with van der Waals surface area (Å²) in [4.78, 5) is 0. The molecule has 1 nitrogen and oxygen atoms in total. The van der Waals surface area contributed by atoms with Gasteiger partial charge in [-0.25, -0.2) is 0 Å². The summed E-state index contributed by atoms with van der Waals surface area (Å²) in [6.45, 7) is 2.85. The van der Waals surface area contributed by atoms with Crippen LogP contribution in [0.3, 0.4) is 0 Å². The highest BCUT2D eigenvalue weighted by molar-refractivity contribution is 9.10. The van der Waals surface area contributed by atoms with Crippen LogP contribution in [0, 0.1) is 11.8 Å². The van der Waals surface area contributed by atoms with E-state index in [2.05, 4.69) is 28.2 Å². The molecule has 0 aliphatic heterocycles. The first-order chi connectivity index (χ1) is 9.86. The van der Waals surface area contributed by atoms with Crippen molar-refractivity contribution >= 4 is 21.6 Å². The monoisotopic (exact) mass is 363 g/mol. The summed E-state index contributed by atoms with van der Waals surface area (Å²) in [6, 6.07) is 4.05. The van der Waals surface area contributed by atoms with Crippen LogP contribution in [0.2, 0.25) is 0 Å². The Kier molecular flexibility index (Phi) is 5.58. The van der Waals surface area contributed by atoms with E-state index in [0.717, 1.165) is 18.4 Å². The van der Waals surface area contributed by atoms with Gasteiger partial charge in [0.2, 0.25) is 0 Å². The van der Waals surface area contributed by atoms with Gasteiger partial charge in [-0.05, 0) is 42.9 Å². The smallest absolute Gasteiger partial charge is 0.385 e. The van der Waals surface area contributed by atoms with Gasteiger partial charge >= 0.3 is 6.18 Å². The van der Waals surface area contributed by atoms with Crippen molar-refractivity contribution in [1.82, 2.24) is 0 Å². The van der Waals surface area contributed by atoms with E-state index in [9.17, 15) is 13.2 Å². The molecule has 0 bridgehead atoms. The Morgan fingerprint density at radius 3 is 2.71 bits per heavy atom. The summed E-state index contributed by atoms with van der Waals surface area (Å²) in [6.07, 6.45) is 1.56. The topological polar surface area (TPSA) is 12.0 Å². The molecular weight excluding hydrogens is 343 g/mol. The van der Waals surface area contributed by atoms with E-state index in [4.69, 9.17) is 0 Å². The molecule has 118 valence electrons. The zero-order valence-corrected chi connectivity index (χ0v) is 13.7. The molecule has 1 aromatic carbocycles. The van der Waals surface area contributed by atoms with Crippen molar-refractivity contribution in [3.63, 3.8) is 0 Å². The minimum Gasteiger partial charge on any atom is -0.385 e. The van der Waals surface area contributed by atoms with Crippen molar-refractivity contribution in [3.05, 3.63) is 28.2 Å². The highest BCUT2D eigenvalue weighted by atomic mass is 79.9. The first kappa shape index (κ1) is 16.7. The average molecular weight is 364 g/mol. The summed E-state index contributed by atoms with van der Waals surface area (Å²) < 4.78 is 39.5. The van der Waals surface area contributed by atoms with Gasteiger partial charge in [0.15, 0.2) is 0 Å². The first-order valence-electron chi connectivity index (χ1n) is 7.47. The fourth-order valence-electron chi connectivity index (χ4n) is 3.14. The van der Waals surface area contributed by atoms with Crippen LogP contribution in [0.15, 0.2) is 22.7 Å². The number of hydrogen-bond acceptors (Lipinski definition) is 1. The standard InChI is InChI=1S/C16H21BrF3N/c1-11-3-2-4-12(9-11)7-8-21-15-10-13(17)5-6-14(15)16(18,19)20/h5-6,10-12,21H,2-4,7-9H2,1H3. The number of anilines is 1. The number of rotatable bonds is 4. The van der Waals surface area contributed by atoms with E-state index < -0.39 is 11.7 Å². The van der Waals surface area contributed by atoms with E-state index in [1.165, 1.54) is 37.8 Å². The van der Waals surface area contributed by atoms with Crippen molar-refractivity contribution in [1.29, 1.82) is 0 Å². The molecule has 1 fully saturated rings. The number of hydrogen-bond donors (Lipinski definition) is 1. The Morgan fingerprint density at radius 1 is 1.29 bits per heavy atom. The minimum absolute atomic E-state index is 0.167. The van der Waals surface area contributed by atoms with Crippen LogP contribution in [0.4, 0.5) is 18.9 Å². The molecule has 1 aliphatic rings. The number of alkyl halides is 3. The fourth-order valence-corrected chi connectivity index (χ4v) is 3.50. The normalized spacial score (nSPS) is 23.1. The quantitative estimate of drug-likeness (QED) is 0.681. The van der Waals surface area contributed by atoms with Gasteiger partial charge in [0.25, 0.3) is 0 Å². The Hall–Kier alpha value is -0.710. The van der Waals surface area contributed by atoms with Gasteiger partial charge in [0.05, 0.1) is 5.56 Å². The van der Waals surface area contributed by atoms with Crippen LogP contribution in [0.25, 0.3) is 0 Å². The van der Waals surface area contributed by atoms with Crippen molar-refractivity contribution in [2.24, 2.45) is 11.8 Å². The van der Waals surface area contributed by atoms with Crippen molar-refractivity contribution in [2.75, 3.05) is 11.9 Å². The van der Waals surface area contributed by atoms with Crippen LogP contribution in [0.1, 0.15) is 44.6 Å². The number of benzene rings is 1. The molecule has 0 amide bonds. The maximum atomic E-state index is 13.0. The number of nitrogens with one attached hydrogen (secondary N) is 1. The van der Waals surface area contributed by atoms with Crippen LogP contribution < -0.4 is 5.32 Å². The molecule has 0 radical (unpaired) electrons. The lowest BCUT2D eigenvalue weighted by Crippen LogP contribution is -2.18. The Morgan fingerprint density at radius 2 is 2.05 bits per heavy atom. The van der Waals surface area contributed by atoms with Gasteiger partial charge in [-0.2, -0.15) is 13.2 Å². The van der Waals surface area contributed by atoms with E-state index >= 15 is 0 Å². The second-order valence-electron chi connectivity index (χ2n) is 6.04. The third kappa shape index (κ3) is 4.90. The molecule has 2 rings (SSSR count). The van der Waals surface area contributed by atoms with Gasteiger partial charge < -0.3 is 5.32 Å². The molecular formula is C16H21BrF3N. The Balaban J connectivity index is 1.95. The van der Waals surface area contributed by atoms with E-state index in [1.807, 2.05) is 0 Å². The SMILES string of the molecule is CC1CCCC(CCNc2cc(Br)ccc2C(F)(F)F)C1. The molecule has 2 unspecified atom stereocenters. The molecule has 1 aliphatic carbocycles. The molecule has 0 spiro atoms. The summed E-state index contributed by atoms with van der Waals surface area (Å²) >= 11 is 3.23. The molecule has 0 saturated heterocycles. The molecule has 0 aromatic heterocycles. The predicted octanol–water partition coefficient (Wildman–Crippen LogP) is 6.10. The van der Waals surface area contributed by atoms with Crippen LogP contribution in [-0.2, 0) is 6.18 Å². The highest BCUT2D eigenvalue weighted by Crippen LogP contribution is 2.36. The van der Waals surface area contributed by atoms with E-state index in [0.29, 0.717) is 16.9 Å². The summed E-state index contributed by atoms with van der Waals surface area (Å²) in [7, 11) is 0. The lowest BCUT2D eigenvalue weighted by atomic mass is 9.81. The first-order valence-corrected chi connectivity index (χ1v) is 8.26. The third-order valence-corrected chi connectivity index (χ3v) is 4.69. The molecule has 21 heavy (non-hydrogen) atoms. The van der Waals surface area contributed by atoms with Crippen LogP contribution in [-0.4, -0.2) is 6.54 Å². The summed E-state index contributed by atoms with van der Waals surface area (Å²) in [5.41, 5.74) is -0.427. The van der Waals surface area contributed by atoms with Crippen molar-refractivity contribution < 1.29 is 13.2 Å². The second kappa shape index (κ2) is 7.03. The third-order valence-electron chi connectivity index (χ3n) is 4.20.